The standard InChI is InChI=1S/C14H18FNO2/c1-14(2)6-7-16(9-14)8-10-4-3-5-11(12(10)15)13(17)18/h3-5H,6-9H2,1-2H3,(H,17,18). The van der Waals surface area contributed by atoms with E-state index in [9.17, 15) is 9.18 Å². The van der Waals surface area contributed by atoms with Crippen molar-refractivity contribution in [1.29, 1.82) is 0 Å². The maximum absolute atomic E-state index is 14.0. The summed E-state index contributed by atoms with van der Waals surface area (Å²) in [6.45, 7) is 6.72. The summed E-state index contributed by atoms with van der Waals surface area (Å²) in [6, 6.07) is 4.56. The molecule has 1 aliphatic heterocycles. The number of benzene rings is 1. The Morgan fingerprint density at radius 3 is 2.78 bits per heavy atom. The molecule has 0 aromatic heterocycles. The van der Waals surface area contributed by atoms with Crippen molar-refractivity contribution in [2.24, 2.45) is 5.41 Å². The minimum Gasteiger partial charge on any atom is -0.478 e. The van der Waals surface area contributed by atoms with Crippen LogP contribution in [0.1, 0.15) is 36.2 Å². The summed E-state index contributed by atoms with van der Waals surface area (Å²) in [5.41, 5.74) is 0.486. The molecule has 1 aromatic carbocycles. The van der Waals surface area contributed by atoms with Crippen LogP contribution in [0.2, 0.25) is 0 Å². The molecule has 1 aliphatic rings. The smallest absolute Gasteiger partial charge is 0.338 e. The molecule has 1 aromatic rings. The first-order chi connectivity index (χ1) is 8.39. The van der Waals surface area contributed by atoms with Crippen molar-refractivity contribution in [2.45, 2.75) is 26.8 Å². The summed E-state index contributed by atoms with van der Waals surface area (Å²) in [5.74, 6) is -1.81. The predicted octanol–water partition coefficient (Wildman–Crippen LogP) is 2.76. The highest BCUT2D eigenvalue weighted by Gasteiger charge is 2.29. The van der Waals surface area contributed by atoms with Crippen LogP contribution < -0.4 is 0 Å². The van der Waals surface area contributed by atoms with E-state index in [0.29, 0.717) is 12.1 Å². The van der Waals surface area contributed by atoms with Gasteiger partial charge in [0.2, 0.25) is 0 Å². The van der Waals surface area contributed by atoms with E-state index in [2.05, 4.69) is 18.7 Å². The second-order valence-electron chi connectivity index (χ2n) is 5.71. The van der Waals surface area contributed by atoms with Crippen molar-refractivity contribution in [3.8, 4) is 0 Å². The Labute approximate surface area is 106 Å². The number of carboxylic acids is 1. The average molecular weight is 251 g/mol. The van der Waals surface area contributed by atoms with Gasteiger partial charge in [-0.3, -0.25) is 4.90 Å². The van der Waals surface area contributed by atoms with Crippen molar-refractivity contribution in [1.82, 2.24) is 4.90 Å². The SMILES string of the molecule is CC1(C)CCN(Cc2cccc(C(=O)O)c2F)C1. The number of carboxylic acid groups (broad SMARTS) is 1. The molecule has 0 unspecified atom stereocenters. The third-order valence-electron chi connectivity index (χ3n) is 3.46. The molecule has 18 heavy (non-hydrogen) atoms. The Morgan fingerprint density at radius 1 is 1.50 bits per heavy atom. The molecular weight excluding hydrogens is 233 g/mol. The number of carbonyl (C=O) groups is 1. The molecular formula is C14H18FNO2. The molecule has 0 amide bonds. The molecule has 98 valence electrons. The van der Waals surface area contributed by atoms with Crippen LogP contribution >= 0.6 is 0 Å². The minimum atomic E-state index is -1.21. The van der Waals surface area contributed by atoms with Crippen LogP contribution in [0.4, 0.5) is 4.39 Å². The zero-order chi connectivity index (χ0) is 13.3. The van der Waals surface area contributed by atoms with Gasteiger partial charge >= 0.3 is 5.97 Å². The molecule has 0 bridgehead atoms. The third kappa shape index (κ3) is 2.70. The van der Waals surface area contributed by atoms with Gasteiger partial charge in [0.15, 0.2) is 0 Å². The summed E-state index contributed by atoms with van der Waals surface area (Å²) < 4.78 is 14.0. The maximum atomic E-state index is 14.0. The third-order valence-corrected chi connectivity index (χ3v) is 3.46. The predicted molar refractivity (Wildman–Crippen MR) is 67.0 cm³/mol. The Bertz CT molecular complexity index is 471. The number of hydrogen-bond donors (Lipinski definition) is 1. The van der Waals surface area contributed by atoms with Crippen molar-refractivity contribution < 1.29 is 14.3 Å². The number of rotatable bonds is 3. The van der Waals surface area contributed by atoms with Gasteiger partial charge in [-0.05, 0) is 24.4 Å². The zero-order valence-electron chi connectivity index (χ0n) is 10.7. The Hall–Kier alpha value is -1.42. The summed E-state index contributed by atoms with van der Waals surface area (Å²) in [7, 11) is 0. The molecule has 1 N–H and O–H groups in total. The highest BCUT2D eigenvalue weighted by atomic mass is 19.1. The lowest BCUT2D eigenvalue weighted by molar-refractivity contribution is 0.0691. The molecule has 3 nitrogen and oxygen atoms in total. The molecule has 0 spiro atoms. The van der Waals surface area contributed by atoms with E-state index in [1.54, 1.807) is 12.1 Å². The number of hydrogen-bond acceptors (Lipinski definition) is 2. The van der Waals surface area contributed by atoms with E-state index in [1.165, 1.54) is 6.07 Å². The normalized spacial score (nSPS) is 19.1. The van der Waals surface area contributed by atoms with E-state index >= 15 is 0 Å². The van der Waals surface area contributed by atoms with Crippen LogP contribution in [0, 0.1) is 11.2 Å². The molecule has 1 heterocycles. The van der Waals surface area contributed by atoms with Gasteiger partial charge in [0, 0.05) is 18.7 Å². The minimum absolute atomic E-state index is 0.244. The Balaban J connectivity index is 2.15. The van der Waals surface area contributed by atoms with Gasteiger partial charge < -0.3 is 5.11 Å². The Kier molecular flexibility index (Phi) is 3.39. The molecule has 1 fully saturated rings. The summed E-state index contributed by atoms with van der Waals surface area (Å²) >= 11 is 0. The van der Waals surface area contributed by atoms with Crippen LogP contribution in [0.5, 0.6) is 0 Å². The summed E-state index contributed by atoms with van der Waals surface area (Å²) in [5, 5.41) is 8.88. The highest BCUT2D eigenvalue weighted by Crippen LogP contribution is 2.30. The fraction of sp³-hybridized carbons (Fsp3) is 0.500. The van der Waals surface area contributed by atoms with Crippen LogP contribution in [0.15, 0.2) is 18.2 Å². The van der Waals surface area contributed by atoms with E-state index in [4.69, 9.17) is 5.11 Å². The van der Waals surface area contributed by atoms with Gasteiger partial charge in [-0.2, -0.15) is 0 Å². The lowest BCUT2D eigenvalue weighted by Gasteiger charge is -2.20. The van der Waals surface area contributed by atoms with E-state index in [0.717, 1.165) is 19.5 Å². The zero-order valence-corrected chi connectivity index (χ0v) is 10.7. The van der Waals surface area contributed by atoms with Gasteiger partial charge in [-0.25, -0.2) is 9.18 Å². The monoisotopic (exact) mass is 251 g/mol. The van der Waals surface area contributed by atoms with Crippen molar-refractivity contribution in [2.75, 3.05) is 13.1 Å². The van der Waals surface area contributed by atoms with Crippen molar-refractivity contribution in [3.63, 3.8) is 0 Å². The number of halogens is 1. The average Bonchev–Trinajstić information content (AvgIpc) is 2.61. The van der Waals surface area contributed by atoms with Gasteiger partial charge in [-0.15, -0.1) is 0 Å². The summed E-state index contributed by atoms with van der Waals surface area (Å²) in [6.07, 6.45) is 1.09. The molecule has 2 rings (SSSR count). The molecule has 0 radical (unpaired) electrons. The molecule has 1 saturated heterocycles. The largest absolute Gasteiger partial charge is 0.478 e. The van der Waals surface area contributed by atoms with Gasteiger partial charge in [0.1, 0.15) is 5.82 Å². The lowest BCUT2D eigenvalue weighted by atomic mass is 9.93. The van der Waals surface area contributed by atoms with E-state index in [-0.39, 0.29) is 11.0 Å². The van der Waals surface area contributed by atoms with Gasteiger partial charge in [0.05, 0.1) is 5.56 Å². The Morgan fingerprint density at radius 2 is 2.22 bits per heavy atom. The van der Waals surface area contributed by atoms with Crippen molar-refractivity contribution >= 4 is 5.97 Å². The molecule has 0 saturated carbocycles. The van der Waals surface area contributed by atoms with Crippen molar-refractivity contribution in [3.05, 3.63) is 35.1 Å². The fourth-order valence-electron chi connectivity index (χ4n) is 2.47. The number of aromatic carboxylic acids is 1. The van der Waals surface area contributed by atoms with Gasteiger partial charge in [-0.1, -0.05) is 26.0 Å². The van der Waals surface area contributed by atoms with Crippen LogP contribution in [-0.4, -0.2) is 29.1 Å². The van der Waals surface area contributed by atoms with E-state index < -0.39 is 11.8 Å². The lowest BCUT2D eigenvalue weighted by Crippen LogP contribution is -2.23. The van der Waals surface area contributed by atoms with E-state index in [1.807, 2.05) is 0 Å². The summed E-state index contributed by atoms with van der Waals surface area (Å²) in [4.78, 5) is 13.0. The highest BCUT2D eigenvalue weighted by molar-refractivity contribution is 5.88. The first kappa shape index (κ1) is 13.0. The van der Waals surface area contributed by atoms with Crippen LogP contribution in [0.3, 0.4) is 0 Å². The second-order valence-corrected chi connectivity index (χ2v) is 5.71. The first-order valence-electron chi connectivity index (χ1n) is 6.12. The van der Waals surface area contributed by atoms with Crippen LogP contribution in [-0.2, 0) is 6.54 Å². The quantitative estimate of drug-likeness (QED) is 0.898. The fourth-order valence-corrected chi connectivity index (χ4v) is 2.47. The van der Waals surface area contributed by atoms with Gasteiger partial charge in [0.25, 0.3) is 0 Å². The number of nitrogens with zero attached hydrogens (tertiary/aromatic N) is 1. The van der Waals surface area contributed by atoms with Crippen LogP contribution in [0.25, 0.3) is 0 Å². The topological polar surface area (TPSA) is 40.5 Å². The molecule has 0 atom stereocenters. The molecule has 0 aliphatic carbocycles. The first-order valence-corrected chi connectivity index (χ1v) is 6.12. The number of likely N-dealkylation sites (tertiary alicyclic amines) is 1. The second kappa shape index (κ2) is 4.69. The maximum Gasteiger partial charge on any atom is 0.338 e. The molecule has 4 heteroatoms.